The Hall–Kier alpha value is -1.81. The molecule has 3 N–H and O–H groups in total. The molecule has 18 heavy (non-hydrogen) atoms. The van der Waals surface area contributed by atoms with Crippen LogP contribution in [0.4, 0.5) is 11.4 Å². The maximum absolute atomic E-state index is 5.93. The largest absolute Gasteiger partial charge is 0.397 e. The van der Waals surface area contributed by atoms with Crippen LogP contribution in [0.5, 0.6) is 0 Å². The SMILES string of the molecule is Nc1cccc2c(NCC3CCCO3)ccnc12. The summed E-state index contributed by atoms with van der Waals surface area (Å²) >= 11 is 0. The summed E-state index contributed by atoms with van der Waals surface area (Å²) in [5.41, 5.74) is 8.57. The number of nitrogens with zero attached hydrogens (tertiary/aromatic N) is 1. The maximum atomic E-state index is 5.93. The number of hydrogen-bond acceptors (Lipinski definition) is 4. The highest BCUT2D eigenvalue weighted by Gasteiger charge is 2.15. The molecule has 3 rings (SSSR count). The van der Waals surface area contributed by atoms with E-state index in [4.69, 9.17) is 10.5 Å². The third-order valence-electron chi connectivity index (χ3n) is 3.35. The van der Waals surface area contributed by atoms with E-state index in [1.54, 1.807) is 6.20 Å². The Morgan fingerprint density at radius 1 is 1.39 bits per heavy atom. The second-order valence-electron chi connectivity index (χ2n) is 4.62. The minimum absolute atomic E-state index is 0.328. The van der Waals surface area contributed by atoms with Gasteiger partial charge in [0.1, 0.15) is 0 Å². The molecule has 2 heterocycles. The first-order chi connectivity index (χ1) is 8.84. The molecule has 4 heteroatoms. The normalized spacial score (nSPS) is 19.2. The van der Waals surface area contributed by atoms with Gasteiger partial charge in [0.15, 0.2) is 0 Å². The topological polar surface area (TPSA) is 60.2 Å². The Balaban J connectivity index is 1.85. The quantitative estimate of drug-likeness (QED) is 0.813. The summed E-state index contributed by atoms with van der Waals surface area (Å²) in [6.45, 7) is 1.73. The van der Waals surface area contributed by atoms with E-state index in [9.17, 15) is 0 Å². The van der Waals surface area contributed by atoms with E-state index in [0.29, 0.717) is 11.8 Å². The van der Waals surface area contributed by atoms with Crippen LogP contribution in [-0.4, -0.2) is 24.2 Å². The van der Waals surface area contributed by atoms with Gasteiger partial charge in [-0.1, -0.05) is 12.1 Å². The smallest absolute Gasteiger partial charge is 0.0951 e. The summed E-state index contributed by atoms with van der Waals surface area (Å²) in [5.74, 6) is 0. The minimum atomic E-state index is 0.328. The molecule has 0 amide bonds. The van der Waals surface area contributed by atoms with Crippen LogP contribution >= 0.6 is 0 Å². The number of nitrogens with one attached hydrogen (secondary N) is 1. The number of aromatic nitrogens is 1. The Bertz CT molecular complexity index is 550. The molecule has 1 aromatic carbocycles. The first-order valence-electron chi connectivity index (χ1n) is 6.33. The number of nitrogen functional groups attached to an aromatic ring is 1. The third-order valence-corrected chi connectivity index (χ3v) is 3.35. The monoisotopic (exact) mass is 243 g/mol. The molecular weight excluding hydrogens is 226 g/mol. The second-order valence-corrected chi connectivity index (χ2v) is 4.62. The third kappa shape index (κ3) is 2.11. The molecule has 0 saturated carbocycles. The van der Waals surface area contributed by atoms with E-state index in [0.717, 1.165) is 42.6 Å². The molecule has 4 nitrogen and oxygen atoms in total. The van der Waals surface area contributed by atoms with Crippen LogP contribution in [0.2, 0.25) is 0 Å². The Morgan fingerprint density at radius 3 is 3.17 bits per heavy atom. The molecule has 0 aliphatic carbocycles. The fraction of sp³-hybridized carbons (Fsp3) is 0.357. The van der Waals surface area contributed by atoms with Crippen molar-refractivity contribution < 1.29 is 4.74 Å². The van der Waals surface area contributed by atoms with Gasteiger partial charge in [0.25, 0.3) is 0 Å². The predicted molar refractivity (Wildman–Crippen MR) is 73.6 cm³/mol. The van der Waals surface area contributed by atoms with E-state index in [1.165, 1.54) is 0 Å². The average molecular weight is 243 g/mol. The van der Waals surface area contributed by atoms with E-state index in [1.807, 2.05) is 24.3 Å². The van der Waals surface area contributed by atoms with Gasteiger partial charge < -0.3 is 15.8 Å². The molecule has 1 unspecified atom stereocenters. The van der Waals surface area contributed by atoms with Crippen molar-refractivity contribution in [1.29, 1.82) is 0 Å². The lowest BCUT2D eigenvalue weighted by Crippen LogP contribution is -2.18. The number of rotatable bonds is 3. The predicted octanol–water partition coefficient (Wildman–Crippen LogP) is 2.41. The summed E-state index contributed by atoms with van der Waals surface area (Å²) < 4.78 is 5.61. The van der Waals surface area contributed by atoms with E-state index in [-0.39, 0.29) is 0 Å². The standard InChI is InChI=1S/C14H17N3O/c15-12-5-1-4-11-13(6-7-16-14(11)12)17-9-10-3-2-8-18-10/h1,4-7,10H,2-3,8-9,15H2,(H,16,17). The number of pyridine rings is 1. The number of fused-ring (bicyclic) bond motifs is 1. The maximum Gasteiger partial charge on any atom is 0.0951 e. The summed E-state index contributed by atoms with van der Waals surface area (Å²) in [6, 6.07) is 7.85. The fourth-order valence-electron chi connectivity index (χ4n) is 2.38. The van der Waals surface area contributed by atoms with Gasteiger partial charge in [-0.05, 0) is 25.0 Å². The lowest BCUT2D eigenvalue weighted by atomic mass is 10.1. The first kappa shape index (κ1) is 11.3. The Labute approximate surface area is 106 Å². The highest BCUT2D eigenvalue weighted by atomic mass is 16.5. The zero-order chi connectivity index (χ0) is 12.4. The lowest BCUT2D eigenvalue weighted by Gasteiger charge is -2.13. The van der Waals surface area contributed by atoms with E-state index in [2.05, 4.69) is 10.3 Å². The molecule has 0 bridgehead atoms. The van der Waals surface area contributed by atoms with Crippen molar-refractivity contribution in [3.8, 4) is 0 Å². The number of anilines is 2. The molecule has 1 saturated heterocycles. The van der Waals surface area contributed by atoms with Crippen LogP contribution < -0.4 is 11.1 Å². The molecule has 1 atom stereocenters. The number of hydrogen-bond donors (Lipinski definition) is 2. The molecular formula is C14H17N3O. The second kappa shape index (κ2) is 4.82. The van der Waals surface area contributed by atoms with Gasteiger partial charge in [-0.15, -0.1) is 0 Å². The van der Waals surface area contributed by atoms with Crippen molar-refractivity contribution in [2.75, 3.05) is 24.2 Å². The van der Waals surface area contributed by atoms with Gasteiger partial charge >= 0.3 is 0 Å². The zero-order valence-corrected chi connectivity index (χ0v) is 10.2. The summed E-state index contributed by atoms with van der Waals surface area (Å²) in [4.78, 5) is 4.32. The summed E-state index contributed by atoms with van der Waals surface area (Å²) in [5, 5.41) is 4.50. The van der Waals surface area contributed by atoms with Gasteiger partial charge in [0.2, 0.25) is 0 Å². The molecule has 0 spiro atoms. The van der Waals surface area contributed by atoms with Gasteiger partial charge in [0, 0.05) is 30.4 Å². The van der Waals surface area contributed by atoms with Gasteiger partial charge in [-0.2, -0.15) is 0 Å². The van der Waals surface area contributed by atoms with Crippen LogP contribution in [0, 0.1) is 0 Å². The molecule has 0 radical (unpaired) electrons. The zero-order valence-electron chi connectivity index (χ0n) is 10.2. The number of ether oxygens (including phenoxy) is 1. The number of para-hydroxylation sites is 1. The Morgan fingerprint density at radius 2 is 2.33 bits per heavy atom. The van der Waals surface area contributed by atoms with Crippen molar-refractivity contribution in [3.63, 3.8) is 0 Å². The first-order valence-corrected chi connectivity index (χ1v) is 6.33. The van der Waals surface area contributed by atoms with Crippen LogP contribution in [-0.2, 0) is 4.74 Å². The molecule has 1 aromatic heterocycles. The van der Waals surface area contributed by atoms with Crippen LogP contribution in [0.15, 0.2) is 30.5 Å². The van der Waals surface area contributed by atoms with Gasteiger partial charge in [-0.25, -0.2) is 0 Å². The highest BCUT2D eigenvalue weighted by molar-refractivity contribution is 5.97. The van der Waals surface area contributed by atoms with Crippen LogP contribution in [0.1, 0.15) is 12.8 Å². The van der Waals surface area contributed by atoms with Gasteiger partial charge in [0.05, 0.1) is 17.3 Å². The van der Waals surface area contributed by atoms with Crippen molar-refractivity contribution in [1.82, 2.24) is 4.98 Å². The van der Waals surface area contributed by atoms with Gasteiger partial charge in [-0.3, -0.25) is 4.98 Å². The molecule has 1 fully saturated rings. The fourth-order valence-corrected chi connectivity index (χ4v) is 2.38. The van der Waals surface area contributed by atoms with Crippen molar-refractivity contribution >= 4 is 22.3 Å². The molecule has 2 aromatic rings. The lowest BCUT2D eigenvalue weighted by molar-refractivity contribution is 0.120. The number of nitrogens with two attached hydrogens (primary N) is 1. The van der Waals surface area contributed by atoms with E-state index < -0.39 is 0 Å². The van der Waals surface area contributed by atoms with E-state index >= 15 is 0 Å². The van der Waals surface area contributed by atoms with Crippen molar-refractivity contribution in [2.24, 2.45) is 0 Å². The molecule has 94 valence electrons. The Kier molecular flexibility index (Phi) is 3.02. The summed E-state index contributed by atoms with van der Waals surface area (Å²) in [7, 11) is 0. The van der Waals surface area contributed by atoms with Crippen molar-refractivity contribution in [2.45, 2.75) is 18.9 Å². The van der Waals surface area contributed by atoms with Crippen LogP contribution in [0.3, 0.4) is 0 Å². The molecule has 1 aliphatic heterocycles. The number of benzene rings is 1. The average Bonchev–Trinajstić information content (AvgIpc) is 2.90. The summed E-state index contributed by atoms with van der Waals surface area (Å²) in [6.07, 6.45) is 4.42. The minimum Gasteiger partial charge on any atom is -0.397 e. The van der Waals surface area contributed by atoms with Crippen LogP contribution in [0.25, 0.3) is 10.9 Å². The highest BCUT2D eigenvalue weighted by Crippen LogP contribution is 2.25. The van der Waals surface area contributed by atoms with Crippen molar-refractivity contribution in [3.05, 3.63) is 30.5 Å². The molecule has 1 aliphatic rings.